The zero-order chi connectivity index (χ0) is 17.4. The molecule has 0 aliphatic heterocycles. The van der Waals surface area contributed by atoms with Crippen LogP contribution >= 0.6 is 0 Å². The van der Waals surface area contributed by atoms with Crippen LogP contribution in [0.25, 0.3) is 0 Å². The molecule has 1 aromatic carbocycles. The Morgan fingerprint density at radius 1 is 1.22 bits per heavy atom. The number of nitrogens with one attached hydrogen (secondary N) is 2. The molecular formula is C16H22N2O5. The van der Waals surface area contributed by atoms with Gasteiger partial charge in [0.1, 0.15) is 5.75 Å². The molecule has 1 atom stereocenters. The number of anilines is 2. The van der Waals surface area contributed by atoms with E-state index in [9.17, 15) is 14.4 Å². The molecule has 0 saturated heterocycles. The van der Waals surface area contributed by atoms with Crippen LogP contribution in [0.3, 0.4) is 0 Å². The van der Waals surface area contributed by atoms with Crippen LogP contribution in [-0.4, -0.2) is 37.4 Å². The molecule has 1 amide bonds. The number of carbonyl (C=O) groups excluding carboxylic acids is 3. The Hall–Kier alpha value is -2.57. The highest BCUT2D eigenvalue weighted by molar-refractivity contribution is 5.89. The van der Waals surface area contributed by atoms with Gasteiger partial charge in [0.15, 0.2) is 11.9 Å². The van der Waals surface area contributed by atoms with Crippen molar-refractivity contribution in [3.63, 3.8) is 0 Å². The van der Waals surface area contributed by atoms with Gasteiger partial charge in [-0.25, -0.2) is 0 Å². The van der Waals surface area contributed by atoms with Gasteiger partial charge in [0, 0.05) is 19.2 Å². The van der Waals surface area contributed by atoms with Crippen molar-refractivity contribution in [3.8, 4) is 5.75 Å². The molecule has 0 heterocycles. The van der Waals surface area contributed by atoms with Crippen molar-refractivity contribution in [2.75, 3.05) is 24.3 Å². The van der Waals surface area contributed by atoms with E-state index in [4.69, 9.17) is 9.47 Å². The average Bonchev–Trinajstić information content (AvgIpc) is 2.46. The van der Waals surface area contributed by atoms with Gasteiger partial charge in [0.05, 0.1) is 19.2 Å². The Morgan fingerprint density at radius 2 is 1.91 bits per heavy atom. The van der Waals surface area contributed by atoms with Crippen LogP contribution in [0.2, 0.25) is 0 Å². The fourth-order valence-corrected chi connectivity index (χ4v) is 1.77. The molecular weight excluding hydrogens is 300 g/mol. The molecule has 0 spiro atoms. The summed E-state index contributed by atoms with van der Waals surface area (Å²) < 4.78 is 10.2. The molecule has 1 aromatic rings. The minimum absolute atomic E-state index is 0.102. The van der Waals surface area contributed by atoms with Crippen molar-refractivity contribution in [1.82, 2.24) is 0 Å². The minimum Gasteiger partial charge on any atom is -0.495 e. The zero-order valence-corrected chi connectivity index (χ0v) is 13.8. The summed E-state index contributed by atoms with van der Waals surface area (Å²) >= 11 is 0. The summed E-state index contributed by atoms with van der Waals surface area (Å²) in [6.45, 7) is 4.63. The Balaban J connectivity index is 2.60. The van der Waals surface area contributed by atoms with Gasteiger partial charge < -0.3 is 20.1 Å². The summed E-state index contributed by atoms with van der Waals surface area (Å²) in [7, 11) is 1.53. The van der Waals surface area contributed by atoms with Gasteiger partial charge >= 0.3 is 5.97 Å². The van der Waals surface area contributed by atoms with E-state index >= 15 is 0 Å². The molecule has 126 valence electrons. The molecule has 7 nitrogen and oxygen atoms in total. The third-order valence-electron chi connectivity index (χ3n) is 3.05. The normalized spacial score (nSPS) is 11.3. The molecule has 0 fully saturated rings. The lowest BCUT2D eigenvalue weighted by atomic mass is 10.2. The highest BCUT2D eigenvalue weighted by atomic mass is 16.5. The van der Waals surface area contributed by atoms with Crippen molar-refractivity contribution in [2.45, 2.75) is 33.3 Å². The number of benzene rings is 1. The molecule has 0 saturated carbocycles. The van der Waals surface area contributed by atoms with Crippen molar-refractivity contribution in [3.05, 3.63) is 18.2 Å². The molecule has 0 radical (unpaired) electrons. The molecule has 0 aromatic heterocycles. The van der Waals surface area contributed by atoms with E-state index in [1.54, 1.807) is 18.2 Å². The highest BCUT2D eigenvalue weighted by Crippen LogP contribution is 2.27. The predicted octanol–water partition coefficient (Wildman–Crippen LogP) is 1.98. The van der Waals surface area contributed by atoms with Gasteiger partial charge in [-0.15, -0.1) is 0 Å². The summed E-state index contributed by atoms with van der Waals surface area (Å²) in [4.78, 5) is 33.7. The predicted molar refractivity (Wildman–Crippen MR) is 86.6 cm³/mol. The first-order valence-corrected chi connectivity index (χ1v) is 7.23. The van der Waals surface area contributed by atoms with Crippen LogP contribution < -0.4 is 15.4 Å². The van der Waals surface area contributed by atoms with E-state index < -0.39 is 12.1 Å². The number of carbonyl (C=O) groups is 3. The molecule has 23 heavy (non-hydrogen) atoms. The summed E-state index contributed by atoms with van der Waals surface area (Å²) in [6, 6.07) is 5.14. The number of ketones is 1. The molecule has 2 N–H and O–H groups in total. The smallest absolute Gasteiger partial charge is 0.308 e. The van der Waals surface area contributed by atoms with Crippen molar-refractivity contribution in [2.24, 2.45) is 0 Å². The number of amides is 1. The maximum atomic E-state index is 11.6. The molecule has 0 aliphatic rings. The van der Waals surface area contributed by atoms with E-state index in [1.165, 1.54) is 27.9 Å². The summed E-state index contributed by atoms with van der Waals surface area (Å²) in [6.07, 6.45) is -0.634. The van der Waals surface area contributed by atoms with Gasteiger partial charge in [0.25, 0.3) is 0 Å². The number of hydrogen-bond donors (Lipinski definition) is 2. The van der Waals surface area contributed by atoms with Crippen LogP contribution in [0.4, 0.5) is 11.4 Å². The minimum atomic E-state index is -0.736. The van der Waals surface area contributed by atoms with Gasteiger partial charge in [-0.3, -0.25) is 14.4 Å². The fourth-order valence-electron chi connectivity index (χ4n) is 1.77. The molecule has 1 rings (SSSR count). The van der Waals surface area contributed by atoms with Crippen LogP contribution in [0.1, 0.15) is 27.2 Å². The van der Waals surface area contributed by atoms with E-state index in [1.807, 2.05) is 0 Å². The maximum Gasteiger partial charge on any atom is 0.308 e. The van der Waals surface area contributed by atoms with Crippen molar-refractivity contribution >= 4 is 29.0 Å². The van der Waals surface area contributed by atoms with Crippen LogP contribution in [0.15, 0.2) is 18.2 Å². The first-order valence-electron chi connectivity index (χ1n) is 7.23. The lowest BCUT2D eigenvalue weighted by molar-refractivity contribution is -0.153. The van der Waals surface area contributed by atoms with E-state index in [0.29, 0.717) is 23.7 Å². The maximum absolute atomic E-state index is 11.6. The van der Waals surface area contributed by atoms with Gasteiger partial charge in [-0.1, -0.05) is 0 Å². The summed E-state index contributed by atoms with van der Waals surface area (Å²) in [5, 5.41) is 5.72. The van der Waals surface area contributed by atoms with Crippen LogP contribution in [-0.2, 0) is 19.1 Å². The molecule has 0 bridgehead atoms. The Bertz CT molecular complexity index is 586. The number of rotatable bonds is 8. The third-order valence-corrected chi connectivity index (χ3v) is 3.05. The van der Waals surface area contributed by atoms with Crippen molar-refractivity contribution in [1.29, 1.82) is 0 Å². The molecule has 1 unspecified atom stereocenters. The topological polar surface area (TPSA) is 93.7 Å². The Labute approximate surface area is 135 Å². The monoisotopic (exact) mass is 322 g/mol. The van der Waals surface area contributed by atoms with E-state index in [2.05, 4.69) is 10.6 Å². The van der Waals surface area contributed by atoms with Gasteiger partial charge in [0.2, 0.25) is 5.91 Å². The molecule has 0 aliphatic carbocycles. The number of hydrogen-bond acceptors (Lipinski definition) is 6. The SMILES string of the molecule is COc1ccc(NC(C)=O)cc1NCCC(=O)OC(C)C(C)=O. The van der Waals surface area contributed by atoms with Crippen LogP contribution in [0.5, 0.6) is 5.75 Å². The summed E-state index contributed by atoms with van der Waals surface area (Å²) in [5.74, 6) is -0.249. The quantitative estimate of drug-likeness (QED) is 0.711. The summed E-state index contributed by atoms with van der Waals surface area (Å²) in [5.41, 5.74) is 1.26. The second-order valence-corrected chi connectivity index (χ2v) is 5.02. The number of ether oxygens (including phenoxy) is 2. The van der Waals surface area contributed by atoms with Gasteiger partial charge in [-0.2, -0.15) is 0 Å². The second-order valence-electron chi connectivity index (χ2n) is 5.02. The van der Waals surface area contributed by atoms with E-state index in [0.717, 1.165) is 0 Å². The van der Waals surface area contributed by atoms with E-state index in [-0.39, 0.29) is 18.1 Å². The first kappa shape index (κ1) is 18.5. The molecule has 7 heteroatoms. The lowest BCUT2D eigenvalue weighted by Crippen LogP contribution is -2.23. The van der Waals surface area contributed by atoms with Gasteiger partial charge in [-0.05, 0) is 32.0 Å². The number of methoxy groups -OCH3 is 1. The highest BCUT2D eigenvalue weighted by Gasteiger charge is 2.13. The average molecular weight is 322 g/mol. The Kier molecular flexibility index (Phi) is 7.05. The number of Topliss-reactive ketones (excluding diaryl/α,β-unsaturated/α-hetero) is 1. The standard InChI is InChI=1S/C16H22N2O5/c1-10(19)11(2)23-16(21)7-8-17-14-9-13(18-12(3)20)5-6-15(14)22-4/h5-6,9,11,17H,7-8H2,1-4H3,(H,18,20). The first-order chi connectivity index (χ1) is 10.8. The van der Waals surface area contributed by atoms with Crippen LogP contribution in [0, 0.1) is 0 Å². The van der Waals surface area contributed by atoms with Crippen molar-refractivity contribution < 1.29 is 23.9 Å². The second kappa shape index (κ2) is 8.77. The fraction of sp³-hybridized carbons (Fsp3) is 0.438. The Morgan fingerprint density at radius 3 is 2.48 bits per heavy atom. The number of esters is 1. The lowest BCUT2D eigenvalue weighted by Gasteiger charge is -2.14. The zero-order valence-electron chi connectivity index (χ0n) is 13.8. The third kappa shape index (κ3) is 6.37. The largest absolute Gasteiger partial charge is 0.495 e.